The molecular weight excluding hydrogens is 336 g/mol. The van der Waals surface area contributed by atoms with E-state index in [0.29, 0.717) is 12.5 Å². The molecule has 25 heavy (non-hydrogen) atoms. The summed E-state index contributed by atoms with van der Waals surface area (Å²) in [6.45, 7) is 3.03. The molecule has 148 valence electrons. The molecule has 0 bridgehead atoms. The fourth-order valence-corrected chi connectivity index (χ4v) is 5.41. The summed E-state index contributed by atoms with van der Waals surface area (Å²) in [7, 11) is -0.848. The summed E-state index contributed by atoms with van der Waals surface area (Å²) in [5, 5.41) is 19.2. The van der Waals surface area contributed by atoms with Crippen molar-refractivity contribution in [2.24, 2.45) is 0 Å². The molecule has 1 saturated heterocycles. The van der Waals surface area contributed by atoms with Crippen molar-refractivity contribution < 1.29 is 14.4 Å². The average molecular weight is 375 g/mol. The first-order valence-corrected chi connectivity index (χ1v) is 11.8. The van der Waals surface area contributed by atoms with Gasteiger partial charge in [-0.1, -0.05) is 32.1 Å². The first kappa shape index (κ1) is 21.3. The maximum atomic E-state index is 12.1. The van der Waals surface area contributed by atoms with E-state index < -0.39 is 11.0 Å². The third-order valence-corrected chi connectivity index (χ3v) is 7.05. The molecule has 0 aromatic carbocycles. The van der Waals surface area contributed by atoms with E-state index in [2.05, 4.69) is 9.21 Å². The minimum atomic E-state index is -0.848. The number of aliphatic hydroxyl groups excluding tert-OH is 2. The molecule has 2 rings (SSSR count). The van der Waals surface area contributed by atoms with Gasteiger partial charge >= 0.3 is 0 Å². The van der Waals surface area contributed by atoms with Gasteiger partial charge in [0.2, 0.25) is 0 Å². The largest absolute Gasteiger partial charge is 0.395 e. The Kier molecular flexibility index (Phi) is 9.92. The van der Waals surface area contributed by atoms with E-state index in [0.717, 1.165) is 38.9 Å². The third kappa shape index (κ3) is 7.25. The van der Waals surface area contributed by atoms with Crippen LogP contribution in [0.3, 0.4) is 0 Å². The second kappa shape index (κ2) is 11.7. The lowest BCUT2D eigenvalue weighted by Crippen LogP contribution is -2.46. The molecule has 2 N–H and O–H groups in total. The summed E-state index contributed by atoms with van der Waals surface area (Å²) in [5.74, 6) is 0. The fourth-order valence-electron chi connectivity index (χ4n) is 4.39. The van der Waals surface area contributed by atoms with Crippen molar-refractivity contribution in [3.8, 4) is 0 Å². The van der Waals surface area contributed by atoms with Crippen LogP contribution in [0.15, 0.2) is 0 Å². The Morgan fingerprint density at radius 3 is 2.48 bits per heavy atom. The van der Waals surface area contributed by atoms with E-state index in [-0.39, 0.29) is 18.8 Å². The monoisotopic (exact) mass is 374 g/mol. The van der Waals surface area contributed by atoms with Crippen molar-refractivity contribution in [2.75, 3.05) is 32.5 Å². The Labute approximate surface area is 156 Å². The lowest BCUT2D eigenvalue weighted by Gasteiger charge is -2.36. The molecule has 5 nitrogen and oxygen atoms in total. The van der Waals surface area contributed by atoms with Gasteiger partial charge in [0.15, 0.2) is 0 Å². The standard InChI is InChI=1S/C19H38N2O3S/c1-25(24)21(17-9-5-4-6-10-17)13-8-3-2-7-12-20-14-11-19(23)15-18(20)16-22/h17-19,22-23H,2-16H2,1H3. The van der Waals surface area contributed by atoms with Crippen LogP contribution in [0.4, 0.5) is 0 Å². The van der Waals surface area contributed by atoms with Crippen LogP contribution in [0.2, 0.25) is 0 Å². The number of hydrogen-bond donors (Lipinski definition) is 2. The van der Waals surface area contributed by atoms with E-state index >= 15 is 0 Å². The maximum Gasteiger partial charge on any atom is 0.0913 e. The summed E-state index contributed by atoms with van der Waals surface area (Å²) in [5.41, 5.74) is 0. The molecule has 3 atom stereocenters. The highest BCUT2D eigenvalue weighted by Gasteiger charge is 2.26. The predicted octanol–water partition coefficient (Wildman–Crippen LogP) is 2.29. The van der Waals surface area contributed by atoms with Crippen LogP contribution >= 0.6 is 0 Å². The van der Waals surface area contributed by atoms with Crippen molar-refractivity contribution in [3.63, 3.8) is 0 Å². The van der Waals surface area contributed by atoms with Gasteiger partial charge in [0.25, 0.3) is 0 Å². The van der Waals surface area contributed by atoms with Crippen molar-refractivity contribution in [1.29, 1.82) is 0 Å². The zero-order chi connectivity index (χ0) is 18.1. The molecule has 0 aromatic rings. The van der Waals surface area contributed by atoms with E-state index in [1.807, 2.05) is 6.26 Å². The normalized spacial score (nSPS) is 27.7. The fraction of sp³-hybridized carbons (Fsp3) is 1.00. The minimum Gasteiger partial charge on any atom is -0.395 e. The van der Waals surface area contributed by atoms with Crippen LogP contribution in [0.5, 0.6) is 0 Å². The van der Waals surface area contributed by atoms with Gasteiger partial charge in [-0.05, 0) is 45.1 Å². The Morgan fingerprint density at radius 2 is 1.80 bits per heavy atom. The van der Waals surface area contributed by atoms with Gasteiger partial charge in [-0.3, -0.25) is 4.90 Å². The number of unbranched alkanes of at least 4 members (excludes halogenated alkanes) is 3. The van der Waals surface area contributed by atoms with Crippen molar-refractivity contribution >= 4 is 11.0 Å². The highest BCUT2D eigenvalue weighted by Crippen LogP contribution is 2.24. The average Bonchev–Trinajstić information content (AvgIpc) is 2.62. The Hall–Kier alpha value is -0.0100. The molecule has 0 spiro atoms. The molecule has 0 aromatic heterocycles. The van der Waals surface area contributed by atoms with Gasteiger partial charge in [-0.2, -0.15) is 0 Å². The molecule has 0 radical (unpaired) electrons. The molecule has 2 fully saturated rings. The van der Waals surface area contributed by atoms with Gasteiger partial charge in [0, 0.05) is 31.4 Å². The maximum absolute atomic E-state index is 12.1. The topological polar surface area (TPSA) is 64.0 Å². The first-order chi connectivity index (χ1) is 12.1. The van der Waals surface area contributed by atoms with Gasteiger partial charge in [-0.15, -0.1) is 0 Å². The molecule has 6 heteroatoms. The number of likely N-dealkylation sites (tertiary alicyclic amines) is 1. The van der Waals surface area contributed by atoms with Crippen LogP contribution in [0.1, 0.15) is 70.6 Å². The minimum absolute atomic E-state index is 0.132. The number of aliphatic hydroxyl groups is 2. The second-order valence-electron chi connectivity index (χ2n) is 7.82. The van der Waals surface area contributed by atoms with E-state index in [1.54, 1.807) is 0 Å². The molecule has 0 amide bonds. The number of nitrogens with zero attached hydrogens (tertiary/aromatic N) is 2. The molecule has 1 saturated carbocycles. The van der Waals surface area contributed by atoms with E-state index in [9.17, 15) is 14.4 Å². The van der Waals surface area contributed by atoms with Gasteiger partial charge in [0.05, 0.1) is 23.7 Å². The van der Waals surface area contributed by atoms with Crippen LogP contribution < -0.4 is 0 Å². The van der Waals surface area contributed by atoms with Gasteiger partial charge < -0.3 is 10.2 Å². The smallest absolute Gasteiger partial charge is 0.0913 e. The number of hydrogen-bond acceptors (Lipinski definition) is 4. The number of piperidine rings is 1. The van der Waals surface area contributed by atoms with Crippen LogP contribution in [-0.4, -0.2) is 74.3 Å². The van der Waals surface area contributed by atoms with E-state index in [1.165, 1.54) is 44.9 Å². The third-order valence-electron chi connectivity index (χ3n) is 5.91. The molecule has 1 heterocycles. The second-order valence-corrected chi connectivity index (χ2v) is 9.14. The summed E-state index contributed by atoms with van der Waals surface area (Å²) in [4.78, 5) is 2.34. The van der Waals surface area contributed by atoms with Crippen molar-refractivity contribution in [3.05, 3.63) is 0 Å². The Bertz CT molecular complexity index is 391. The zero-order valence-corrected chi connectivity index (χ0v) is 16.8. The summed E-state index contributed by atoms with van der Waals surface area (Å²) in [6, 6.07) is 0.665. The zero-order valence-electron chi connectivity index (χ0n) is 15.9. The highest BCUT2D eigenvalue weighted by atomic mass is 32.2. The first-order valence-electron chi connectivity index (χ1n) is 10.2. The Balaban J connectivity index is 1.59. The van der Waals surface area contributed by atoms with Crippen LogP contribution in [0, 0.1) is 0 Å². The SMILES string of the molecule is CS(=O)N(CCCCCCN1CCC(O)CC1CO)C1CCCCC1. The number of rotatable bonds is 10. The van der Waals surface area contributed by atoms with E-state index in [4.69, 9.17) is 0 Å². The van der Waals surface area contributed by atoms with Crippen molar-refractivity contribution in [1.82, 2.24) is 9.21 Å². The molecule has 3 unspecified atom stereocenters. The predicted molar refractivity (Wildman–Crippen MR) is 104 cm³/mol. The van der Waals surface area contributed by atoms with Gasteiger partial charge in [-0.25, -0.2) is 8.51 Å². The molecule has 2 aliphatic rings. The molecule has 1 aliphatic heterocycles. The summed E-state index contributed by atoms with van der Waals surface area (Å²) >= 11 is 0. The van der Waals surface area contributed by atoms with Crippen LogP contribution in [0.25, 0.3) is 0 Å². The summed E-state index contributed by atoms with van der Waals surface area (Å²) < 4.78 is 14.3. The highest BCUT2D eigenvalue weighted by molar-refractivity contribution is 7.81. The Morgan fingerprint density at radius 1 is 1.08 bits per heavy atom. The van der Waals surface area contributed by atoms with Crippen LogP contribution in [-0.2, 0) is 11.0 Å². The molecular formula is C19H38N2O3S. The quantitative estimate of drug-likeness (QED) is 0.576. The molecule has 1 aliphatic carbocycles. The van der Waals surface area contributed by atoms with Gasteiger partial charge in [0.1, 0.15) is 0 Å². The summed E-state index contributed by atoms with van der Waals surface area (Å²) in [6.07, 6.45) is 14.1. The lowest BCUT2D eigenvalue weighted by molar-refractivity contribution is 0.0163. The lowest BCUT2D eigenvalue weighted by atomic mass is 9.95. The van der Waals surface area contributed by atoms with Crippen molar-refractivity contribution in [2.45, 2.75) is 88.8 Å².